The number of hydrogen-bond donors (Lipinski definition) is 3. The molecule has 2 rings (SSSR count). The molecule has 0 saturated carbocycles. The first kappa shape index (κ1) is 11.6. The summed E-state index contributed by atoms with van der Waals surface area (Å²) in [4.78, 5) is 0. The second-order valence-electron chi connectivity index (χ2n) is 3.53. The summed E-state index contributed by atoms with van der Waals surface area (Å²) >= 11 is 0. The van der Waals surface area contributed by atoms with E-state index in [4.69, 9.17) is 5.84 Å². The van der Waals surface area contributed by atoms with Crippen LogP contribution >= 0.6 is 0 Å². The lowest BCUT2D eigenvalue weighted by Gasteiger charge is -2.13. The summed E-state index contributed by atoms with van der Waals surface area (Å²) in [6.07, 6.45) is 1.66. The van der Waals surface area contributed by atoms with Crippen LogP contribution in [0.5, 0.6) is 0 Å². The molecule has 7 heteroatoms. The van der Waals surface area contributed by atoms with Crippen LogP contribution in [0.3, 0.4) is 0 Å². The van der Waals surface area contributed by atoms with E-state index in [1.165, 1.54) is 18.3 Å². The zero-order chi connectivity index (χ0) is 12.3. The molecule has 1 aromatic carbocycles. The van der Waals surface area contributed by atoms with Gasteiger partial charge in [0, 0.05) is 0 Å². The summed E-state index contributed by atoms with van der Waals surface area (Å²) in [7, 11) is 0. The topological polar surface area (TPSA) is 79.6 Å². The standard InChI is InChI=1S/C10H11F2N5/c11-7-3-1-2-6(10(7)12)4-8(15-13)9-5-14-17-16-9/h1-3,5,8,15H,4,13H2,(H,14,16,17). The van der Waals surface area contributed by atoms with Gasteiger partial charge in [0.05, 0.1) is 12.2 Å². The van der Waals surface area contributed by atoms with Crippen molar-refractivity contribution in [2.24, 2.45) is 5.84 Å². The van der Waals surface area contributed by atoms with Crippen LogP contribution in [0, 0.1) is 11.6 Å². The van der Waals surface area contributed by atoms with E-state index in [1.807, 2.05) is 0 Å². The van der Waals surface area contributed by atoms with Gasteiger partial charge in [0.25, 0.3) is 0 Å². The van der Waals surface area contributed by atoms with Crippen molar-refractivity contribution in [3.8, 4) is 0 Å². The van der Waals surface area contributed by atoms with E-state index in [2.05, 4.69) is 20.8 Å². The summed E-state index contributed by atoms with van der Waals surface area (Å²) < 4.78 is 26.5. The Morgan fingerprint density at radius 3 is 2.88 bits per heavy atom. The Labute approximate surface area is 96.0 Å². The molecule has 2 aromatic rings. The third kappa shape index (κ3) is 2.45. The van der Waals surface area contributed by atoms with Crippen molar-refractivity contribution in [1.29, 1.82) is 0 Å². The average Bonchev–Trinajstić information content (AvgIpc) is 2.85. The normalized spacial score (nSPS) is 12.6. The molecule has 0 aliphatic heterocycles. The summed E-state index contributed by atoms with van der Waals surface area (Å²) in [5.74, 6) is 3.61. The molecule has 90 valence electrons. The van der Waals surface area contributed by atoms with Crippen LogP contribution < -0.4 is 11.3 Å². The van der Waals surface area contributed by atoms with Crippen molar-refractivity contribution >= 4 is 0 Å². The molecule has 0 aliphatic carbocycles. The number of aromatic amines is 1. The predicted octanol–water partition coefficient (Wildman–Crippen LogP) is 0.830. The fourth-order valence-corrected chi connectivity index (χ4v) is 1.55. The summed E-state index contributed by atoms with van der Waals surface area (Å²) in [5, 5.41) is 9.91. The second kappa shape index (κ2) is 4.98. The van der Waals surface area contributed by atoms with Gasteiger partial charge in [0.2, 0.25) is 0 Å². The monoisotopic (exact) mass is 239 g/mol. The molecule has 1 heterocycles. The van der Waals surface area contributed by atoms with Crippen molar-refractivity contribution in [2.75, 3.05) is 0 Å². The fraction of sp³-hybridized carbons (Fsp3) is 0.200. The number of nitrogens with zero attached hydrogens (tertiary/aromatic N) is 2. The number of nitrogens with two attached hydrogens (primary N) is 1. The van der Waals surface area contributed by atoms with E-state index in [0.717, 1.165) is 6.07 Å². The zero-order valence-corrected chi connectivity index (χ0v) is 8.82. The summed E-state index contributed by atoms with van der Waals surface area (Å²) in [5.41, 5.74) is 3.26. The van der Waals surface area contributed by atoms with E-state index in [0.29, 0.717) is 5.69 Å². The highest BCUT2D eigenvalue weighted by Gasteiger charge is 2.17. The van der Waals surface area contributed by atoms with Crippen LogP contribution in [0.2, 0.25) is 0 Å². The van der Waals surface area contributed by atoms with Gasteiger partial charge in [-0.1, -0.05) is 12.1 Å². The molecule has 0 bridgehead atoms. The molecule has 0 spiro atoms. The third-order valence-corrected chi connectivity index (χ3v) is 2.45. The van der Waals surface area contributed by atoms with Gasteiger partial charge in [0.15, 0.2) is 11.6 Å². The van der Waals surface area contributed by atoms with Gasteiger partial charge in [-0.2, -0.15) is 15.4 Å². The van der Waals surface area contributed by atoms with Crippen molar-refractivity contribution in [3.63, 3.8) is 0 Å². The molecule has 1 atom stereocenters. The molecule has 0 amide bonds. The lowest BCUT2D eigenvalue weighted by molar-refractivity contribution is 0.478. The van der Waals surface area contributed by atoms with Gasteiger partial charge in [-0.05, 0) is 18.1 Å². The minimum atomic E-state index is -0.876. The number of hydrogen-bond acceptors (Lipinski definition) is 4. The first-order chi connectivity index (χ1) is 8.22. The van der Waals surface area contributed by atoms with Crippen LogP contribution in [-0.2, 0) is 6.42 Å². The number of aromatic nitrogens is 3. The largest absolute Gasteiger partial charge is 0.271 e. The third-order valence-electron chi connectivity index (χ3n) is 2.45. The van der Waals surface area contributed by atoms with E-state index >= 15 is 0 Å². The van der Waals surface area contributed by atoms with Crippen LogP contribution in [-0.4, -0.2) is 15.4 Å². The van der Waals surface area contributed by atoms with Crippen molar-refractivity contribution in [2.45, 2.75) is 12.5 Å². The Kier molecular flexibility index (Phi) is 3.40. The van der Waals surface area contributed by atoms with Gasteiger partial charge in [-0.25, -0.2) is 8.78 Å². The Morgan fingerprint density at radius 2 is 2.24 bits per heavy atom. The Balaban J connectivity index is 2.22. The number of nitrogens with one attached hydrogen (secondary N) is 2. The number of hydrazine groups is 1. The number of rotatable bonds is 4. The molecule has 4 N–H and O–H groups in total. The molecule has 0 radical (unpaired) electrons. The summed E-state index contributed by atoms with van der Waals surface area (Å²) in [6.45, 7) is 0. The second-order valence-corrected chi connectivity index (χ2v) is 3.53. The van der Waals surface area contributed by atoms with E-state index < -0.39 is 17.7 Å². The molecule has 1 unspecified atom stereocenters. The lowest BCUT2D eigenvalue weighted by atomic mass is 10.0. The van der Waals surface area contributed by atoms with Gasteiger partial charge in [-0.3, -0.25) is 11.3 Å². The van der Waals surface area contributed by atoms with Crippen LogP contribution in [0.25, 0.3) is 0 Å². The molecule has 0 fully saturated rings. The van der Waals surface area contributed by atoms with E-state index in [-0.39, 0.29) is 12.0 Å². The minimum absolute atomic E-state index is 0.187. The van der Waals surface area contributed by atoms with E-state index in [9.17, 15) is 8.78 Å². The molecule has 0 aliphatic rings. The SMILES string of the molecule is NNC(Cc1cccc(F)c1F)c1cn[nH]n1. The molecule has 0 saturated heterocycles. The predicted molar refractivity (Wildman–Crippen MR) is 56.5 cm³/mol. The summed E-state index contributed by atoms with van der Waals surface area (Å²) in [6, 6.07) is 3.59. The Morgan fingerprint density at radius 1 is 1.41 bits per heavy atom. The van der Waals surface area contributed by atoms with Gasteiger partial charge in [-0.15, -0.1) is 0 Å². The quantitative estimate of drug-likeness (QED) is 0.545. The van der Waals surface area contributed by atoms with E-state index in [1.54, 1.807) is 0 Å². The fourth-order valence-electron chi connectivity index (χ4n) is 1.55. The van der Waals surface area contributed by atoms with Crippen molar-refractivity contribution in [3.05, 3.63) is 47.3 Å². The highest BCUT2D eigenvalue weighted by molar-refractivity contribution is 5.21. The maximum atomic E-state index is 13.5. The van der Waals surface area contributed by atoms with Gasteiger partial charge >= 0.3 is 0 Å². The van der Waals surface area contributed by atoms with Crippen molar-refractivity contribution in [1.82, 2.24) is 20.8 Å². The highest BCUT2D eigenvalue weighted by Crippen LogP contribution is 2.18. The maximum Gasteiger partial charge on any atom is 0.162 e. The van der Waals surface area contributed by atoms with Crippen LogP contribution in [0.4, 0.5) is 8.78 Å². The van der Waals surface area contributed by atoms with Gasteiger partial charge in [0.1, 0.15) is 5.69 Å². The molecular formula is C10H11F2N5. The Bertz CT molecular complexity index is 485. The molecule has 1 aromatic heterocycles. The molecule has 17 heavy (non-hydrogen) atoms. The lowest BCUT2D eigenvalue weighted by Crippen LogP contribution is -2.30. The van der Waals surface area contributed by atoms with Crippen molar-refractivity contribution < 1.29 is 8.78 Å². The zero-order valence-electron chi connectivity index (χ0n) is 8.82. The first-order valence-electron chi connectivity index (χ1n) is 4.97. The minimum Gasteiger partial charge on any atom is -0.271 e. The number of benzene rings is 1. The smallest absolute Gasteiger partial charge is 0.162 e. The number of halogens is 2. The highest BCUT2D eigenvalue weighted by atomic mass is 19.2. The average molecular weight is 239 g/mol. The van der Waals surface area contributed by atoms with Crippen LogP contribution in [0.1, 0.15) is 17.3 Å². The molecular weight excluding hydrogens is 228 g/mol. The van der Waals surface area contributed by atoms with Crippen LogP contribution in [0.15, 0.2) is 24.4 Å². The number of H-pyrrole nitrogens is 1. The maximum absolute atomic E-state index is 13.5. The van der Waals surface area contributed by atoms with Gasteiger partial charge < -0.3 is 0 Å². The first-order valence-corrected chi connectivity index (χ1v) is 4.97. The molecule has 5 nitrogen and oxygen atoms in total. The Hall–Kier alpha value is -1.86.